The summed E-state index contributed by atoms with van der Waals surface area (Å²) < 4.78 is 24.3. The molecular formula is C34H24N4O4. The van der Waals surface area contributed by atoms with Crippen molar-refractivity contribution in [1.82, 2.24) is 0 Å². The standard InChI is InChI=1S/C34H24N4O4/c1-3-39-33-27-13-16-30(32-18-12-26(42-32)10-6-8-24(21-37)22-38)34(40-4-2)28(27)14-15-29(33)31-17-11-25(41-31)9-5-7-23(19-35)20-36/h5-18H,3-4H2,1-2H3/b9-5+,10-6+. The molecule has 204 valence electrons. The molecule has 42 heavy (non-hydrogen) atoms. The smallest absolute Gasteiger partial charge is 0.138 e. The largest absolute Gasteiger partial charge is 0.492 e. The van der Waals surface area contributed by atoms with Gasteiger partial charge in [0.1, 0.15) is 70.0 Å². The molecule has 0 aliphatic heterocycles. The summed E-state index contributed by atoms with van der Waals surface area (Å²) in [7, 11) is 0. The zero-order chi connectivity index (χ0) is 29.9. The molecule has 2 heterocycles. The number of rotatable bonds is 10. The fraction of sp³-hybridized carbons (Fsp3) is 0.118. The molecule has 0 fully saturated rings. The highest BCUT2D eigenvalue weighted by molar-refractivity contribution is 6.01. The summed E-state index contributed by atoms with van der Waals surface area (Å²) in [6.45, 7) is 4.69. The lowest BCUT2D eigenvalue weighted by Crippen LogP contribution is -1.99. The first-order chi connectivity index (χ1) is 20.6. The zero-order valence-corrected chi connectivity index (χ0v) is 22.9. The van der Waals surface area contributed by atoms with Crippen molar-refractivity contribution in [3.63, 3.8) is 0 Å². The Morgan fingerprint density at radius 3 is 1.38 bits per heavy atom. The Kier molecular flexibility index (Phi) is 9.40. The van der Waals surface area contributed by atoms with Gasteiger partial charge < -0.3 is 18.3 Å². The summed E-state index contributed by atoms with van der Waals surface area (Å²) in [5.41, 5.74) is 1.52. The lowest BCUT2D eigenvalue weighted by molar-refractivity contribution is 0.341. The Labute approximate surface area is 243 Å². The predicted octanol–water partition coefficient (Wildman–Crippen LogP) is 8.13. The van der Waals surface area contributed by atoms with Crippen molar-refractivity contribution in [2.24, 2.45) is 0 Å². The molecule has 0 aliphatic rings. The van der Waals surface area contributed by atoms with Gasteiger partial charge in [0, 0.05) is 10.8 Å². The quantitative estimate of drug-likeness (QED) is 0.142. The minimum atomic E-state index is -0.000146. The van der Waals surface area contributed by atoms with Crippen LogP contribution in [0, 0.1) is 45.3 Å². The number of ether oxygens (including phenoxy) is 2. The second-order valence-corrected chi connectivity index (χ2v) is 8.58. The topological polar surface area (TPSA) is 140 Å². The monoisotopic (exact) mass is 552 g/mol. The highest BCUT2D eigenvalue weighted by Gasteiger charge is 2.20. The molecule has 0 atom stereocenters. The van der Waals surface area contributed by atoms with Crippen molar-refractivity contribution >= 4 is 22.9 Å². The van der Waals surface area contributed by atoms with Gasteiger partial charge in [-0.05, 0) is 86.7 Å². The third-order valence-electron chi connectivity index (χ3n) is 5.99. The SMILES string of the molecule is CCOc1c(-c2ccc(/C=C/C=C(C#N)C#N)o2)ccc2c(OCC)c(-c3ccc(/C=C/C=C(C#N)C#N)o3)ccc12. The maximum absolute atomic E-state index is 8.89. The van der Waals surface area contributed by atoms with Crippen LogP contribution in [0.4, 0.5) is 0 Å². The minimum Gasteiger partial charge on any atom is -0.492 e. The van der Waals surface area contributed by atoms with Gasteiger partial charge in [-0.3, -0.25) is 0 Å². The van der Waals surface area contributed by atoms with E-state index in [2.05, 4.69) is 0 Å². The van der Waals surface area contributed by atoms with Crippen LogP contribution >= 0.6 is 0 Å². The second kappa shape index (κ2) is 13.7. The molecule has 8 heteroatoms. The molecule has 0 N–H and O–H groups in total. The van der Waals surface area contributed by atoms with E-state index in [0.717, 1.165) is 21.9 Å². The molecule has 0 saturated carbocycles. The molecular weight excluding hydrogens is 528 g/mol. The van der Waals surface area contributed by atoms with Crippen LogP contribution in [-0.4, -0.2) is 13.2 Å². The van der Waals surface area contributed by atoms with Crippen molar-refractivity contribution < 1.29 is 18.3 Å². The lowest BCUT2D eigenvalue weighted by Gasteiger charge is -2.17. The number of nitrogens with zero attached hydrogens (tertiary/aromatic N) is 4. The van der Waals surface area contributed by atoms with Crippen LogP contribution in [0.1, 0.15) is 25.4 Å². The lowest BCUT2D eigenvalue weighted by atomic mass is 9.99. The van der Waals surface area contributed by atoms with Crippen molar-refractivity contribution in [2.45, 2.75) is 13.8 Å². The van der Waals surface area contributed by atoms with Crippen molar-refractivity contribution in [2.75, 3.05) is 13.2 Å². The van der Waals surface area contributed by atoms with Crippen LogP contribution in [0.2, 0.25) is 0 Å². The van der Waals surface area contributed by atoms with Gasteiger partial charge in [0.05, 0.1) is 24.3 Å². The molecule has 0 aliphatic carbocycles. The Balaban J connectivity index is 1.75. The number of hydrogen-bond donors (Lipinski definition) is 0. The number of fused-ring (bicyclic) bond motifs is 1. The van der Waals surface area contributed by atoms with E-state index in [-0.39, 0.29) is 11.1 Å². The van der Waals surface area contributed by atoms with E-state index in [4.69, 9.17) is 39.4 Å². The van der Waals surface area contributed by atoms with E-state index >= 15 is 0 Å². The van der Waals surface area contributed by atoms with Gasteiger partial charge in [0.15, 0.2) is 0 Å². The van der Waals surface area contributed by atoms with E-state index in [0.29, 0.717) is 47.8 Å². The van der Waals surface area contributed by atoms with Crippen LogP contribution in [0.3, 0.4) is 0 Å². The Hall–Kier alpha value is -6.22. The molecule has 0 radical (unpaired) electrons. The molecule has 4 rings (SSSR count). The third kappa shape index (κ3) is 6.32. The first kappa shape index (κ1) is 28.8. The van der Waals surface area contributed by atoms with E-state index in [1.807, 2.05) is 74.5 Å². The number of allylic oxidation sites excluding steroid dienone is 6. The van der Waals surface area contributed by atoms with Crippen molar-refractivity contribution in [3.05, 3.63) is 95.5 Å². The number of benzene rings is 2. The first-order valence-electron chi connectivity index (χ1n) is 13.0. The zero-order valence-electron chi connectivity index (χ0n) is 22.9. The highest BCUT2D eigenvalue weighted by Crippen LogP contribution is 2.44. The molecule has 0 saturated heterocycles. The average Bonchev–Trinajstić information content (AvgIpc) is 3.68. The molecule has 0 unspecified atom stereocenters. The van der Waals surface area contributed by atoms with Gasteiger partial charge in [-0.15, -0.1) is 0 Å². The van der Waals surface area contributed by atoms with Crippen molar-refractivity contribution in [1.29, 1.82) is 21.0 Å². The molecule has 4 aromatic rings. The van der Waals surface area contributed by atoms with E-state index in [1.54, 1.807) is 36.4 Å². The Morgan fingerprint density at radius 2 is 1.02 bits per heavy atom. The van der Waals surface area contributed by atoms with Crippen LogP contribution in [0.5, 0.6) is 11.5 Å². The molecule has 0 spiro atoms. The average molecular weight is 553 g/mol. The summed E-state index contributed by atoms with van der Waals surface area (Å²) >= 11 is 0. The Morgan fingerprint density at radius 1 is 0.619 bits per heavy atom. The summed E-state index contributed by atoms with van der Waals surface area (Å²) in [4.78, 5) is 0. The van der Waals surface area contributed by atoms with E-state index in [9.17, 15) is 0 Å². The highest BCUT2D eigenvalue weighted by atomic mass is 16.5. The van der Waals surface area contributed by atoms with E-state index in [1.165, 1.54) is 12.2 Å². The van der Waals surface area contributed by atoms with Crippen LogP contribution in [-0.2, 0) is 0 Å². The molecule has 8 nitrogen and oxygen atoms in total. The van der Waals surface area contributed by atoms with Gasteiger partial charge in [-0.2, -0.15) is 21.0 Å². The van der Waals surface area contributed by atoms with Gasteiger partial charge in [0.2, 0.25) is 0 Å². The van der Waals surface area contributed by atoms with Gasteiger partial charge in [-0.25, -0.2) is 0 Å². The van der Waals surface area contributed by atoms with Crippen LogP contribution in [0.25, 0.3) is 45.6 Å². The van der Waals surface area contributed by atoms with Gasteiger partial charge in [-0.1, -0.05) is 12.2 Å². The number of furan rings is 2. The second-order valence-electron chi connectivity index (χ2n) is 8.58. The normalized spacial score (nSPS) is 10.5. The first-order valence-corrected chi connectivity index (χ1v) is 13.0. The van der Waals surface area contributed by atoms with Crippen LogP contribution in [0.15, 0.2) is 92.8 Å². The molecule has 2 aromatic carbocycles. The molecule has 2 aromatic heterocycles. The Bertz CT molecular complexity index is 1740. The van der Waals surface area contributed by atoms with Crippen molar-refractivity contribution in [3.8, 4) is 58.4 Å². The van der Waals surface area contributed by atoms with Gasteiger partial charge in [0.25, 0.3) is 0 Å². The maximum atomic E-state index is 8.89. The van der Waals surface area contributed by atoms with Gasteiger partial charge >= 0.3 is 0 Å². The summed E-state index contributed by atoms with van der Waals surface area (Å²) in [6.07, 6.45) is 9.37. The number of nitriles is 4. The summed E-state index contributed by atoms with van der Waals surface area (Å²) in [5, 5.41) is 37.3. The van der Waals surface area contributed by atoms with E-state index < -0.39 is 0 Å². The summed E-state index contributed by atoms with van der Waals surface area (Å²) in [5.74, 6) is 3.59. The minimum absolute atomic E-state index is 0.000146. The van der Waals surface area contributed by atoms with Crippen LogP contribution < -0.4 is 9.47 Å². The molecule has 0 bridgehead atoms. The predicted molar refractivity (Wildman–Crippen MR) is 158 cm³/mol. The number of hydrogen-bond acceptors (Lipinski definition) is 8. The third-order valence-corrected chi connectivity index (χ3v) is 5.99. The molecule has 0 amide bonds. The maximum Gasteiger partial charge on any atom is 0.138 e. The fourth-order valence-corrected chi connectivity index (χ4v) is 4.19. The fourth-order valence-electron chi connectivity index (χ4n) is 4.19. The summed E-state index contributed by atoms with van der Waals surface area (Å²) in [6, 6.07) is 22.3.